The molecule has 0 fully saturated rings. The summed E-state index contributed by atoms with van der Waals surface area (Å²) >= 11 is 1.84. The number of nitrogens with zero attached hydrogens (tertiary/aromatic N) is 1. The van der Waals surface area contributed by atoms with Crippen molar-refractivity contribution in [3.05, 3.63) is 24.4 Å². The van der Waals surface area contributed by atoms with Crippen molar-refractivity contribution < 1.29 is 0 Å². The zero-order valence-corrected chi connectivity index (χ0v) is 6.56. The van der Waals surface area contributed by atoms with Crippen LogP contribution in [0.15, 0.2) is 24.4 Å². The second-order valence-corrected chi connectivity index (χ2v) is 2.97. The Bertz CT molecular complexity index is 140. The molecule has 0 saturated heterocycles. The zero-order chi connectivity index (χ0) is 6.69. The topological polar surface area (TPSA) is 3.24 Å². The monoisotopic (exact) mass is 141 g/mol. The van der Waals surface area contributed by atoms with Crippen molar-refractivity contribution in [1.29, 1.82) is 0 Å². The van der Waals surface area contributed by atoms with Crippen molar-refractivity contribution in [2.24, 2.45) is 0 Å². The average molecular weight is 141 g/mol. The molecule has 9 heavy (non-hydrogen) atoms. The van der Waals surface area contributed by atoms with E-state index in [9.17, 15) is 0 Å². The molecule has 2 heteroatoms. The highest BCUT2D eigenvalue weighted by molar-refractivity contribution is 7.99. The van der Waals surface area contributed by atoms with Gasteiger partial charge in [-0.2, -0.15) is 0 Å². The minimum absolute atomic E-state index is 0.537. The minimum Gasteiger partial charge on any atom is -0.365 e. The van der Waals surface area contributed by atoms with Crippen molar-refractivity contribution >= 4 is 11.8 Å². The Labute approximate surface area is 60.4 Å². The molecule has 1 rings (SSSR count). The lowest BCUT2D eigenvalue weighted by Crippen LogP contribution is -2.22. The molecule has 1 atom stereocenters. The molecule has 1 aliphatic heterocycles. The van der Waals surface area contributed by atoms with Gasteiger partial charge in [0.15, 0.2) is 0 Å². The average Bonchev–Trinajstić information content (AvgIpc) is 1.89. The van der Waals surface area contributed by atoms with Crippen molar-refractivity contribution in [3.63, 3.8) is 0 Å². The first-order valence-electron chi connectivity index (χ1n) is 2.94. The predicted octanol–water partition coefficient (Wildman–Crippen LogP) is 1.69. The summed E-state index contributed by atoms with van der Waals surface area (Å²) in [5.41, 5.74) is 0. The van der Waals surface area contributed by atoms with E-state index in [-0.39, 0.29) is 0 Å². The predicted molar refractivity (Wildman–Crippen MR) is 43.3 cm³/mol. The SMILES string of the molecule is CSC1C=CC=CN1C. The van der Waals surface area contributed by atoms with Crippen LogP contribution in [0.3, 0.4) is 0 Å². The van der Waals surface area contributed by atoms with Crippen LogP contribution in [-0.4, -0.2) is 23.6 Å². The van der Waals surface area contributed by atoms with E-state index in [4.69, 9.17) is 0 Å². The van der Waals surface area contributed by atoms with Crippen LogP contribution in [0.25, 0.3) is 0 Å². The van der Waals surface area contributed by atoms with Gasteiger partial charge in [-0.25, -0.2) is 0 Å². The summed E-state index contributed by atoms with van der Waals surface area (Å²) < 4.78 is 0. The van der Waals surface area contributed by atoms with Crippen LogP contribution >= 0.6 is 11.8 Å². The second-order valence-electron chi connectivity index (χ2n) is 2.02. The van der Waals surface area contributed by atoms with Crippen LogP contribution in [0.2, 0.25) is 0 Å². The van der Waals surface area contributed by atoms with Gasteiger partial charge in [0.2, 0.25) is 0 Å². The molecule has 1 nitrogen and oxygen atoms in total. The molecule has 0 N–H and O–H groups in total. The molecule has 1 aliphatic rings. The summed E-state index contributed by atoms with van der Waals surface area (Å²) in [4.78, 5) is 2.19. The molecular weight excluding hydrogens is 130 g/mol. The normalized spacial score (nSPS) is 25.1. The number of thioether (sulfide) groups is 1. The third-order valence-electron chi connectivity index (χ3n) is 1.35. The first kappa shape index (κ1) is 6.75. The Hall–Kier alpha value is -0.370. The molecule has 0 aromatic rings. The standard InChI is InChI=1S/C7H11NS/c1-8-6-4-3-5-7(8)9-2/h3-7H,1-2H3. The molecule has 0 aliphatic carbocycles. The van der Waals surface area contributed by atoms with E-state index in [0.29, 0.717) is 5.37 Å². The third-order valence-corrected chi connectivity index (χ3v) is 2.32. The maximum atomic E-state index is 2.19. The van der Waals surface area contributed by atoms with Crippen molar-refractivity contribution in [1.82, 2.24) is 4.90 Å². The Balaban J connectivity index is 2.55. The summed E-state index contributed by atoms with van der Waals surface area (Å²) in [7, 11) is 2.08. The summed E-state index contributed by atoms with van der Waals surface area (Å²) in [6, 6.07) is 0. The van der Waals surface area contributed by atoms with Gasteiger partial charge < -0.3 is 4.90 Å². The lowest BCUT2D eigenvalue weighted by atomic mass is 10.4. The van der Waals surface area contributed by atoms with Gasteiger partial charge >= 0.3 is 0 Å². The number of rotatable bonds is 1. The highest BCUT2D eigenvalue weighted by Crippen LogP contribution is 2.15. The molecule has 50 valence electrons. The van der Waals surface area contributed by atoms with E-state index in [1.165, 1.54) is 0 Å². The summed E-state index contributed by atoms with van der Waals surface area (Å²) in [5.74, 6) is 0. The minimum atomic E-state index is 0.537. The van der Waals surface area contributed by atoms with Crippen LogP contribution in [0.1, 0.15) is 0 Å². The molecule has 0 spiro atoms. The van der Waals surface area contributed by atoms with Crippen molar-refractivity contribution in [2.45, 2.75) is 5.37 Å². The molecule has 0 radical (unpaired) electrons. The summed E-state index contributed by atoms with van der Waals surface area (Å²) in [6.45, 7) is 0. The highest BCUT2D eigenvalue weighted by atomic mass is 32.2. The molecule has 1 unspecified atom stereocenters. The van der Waals surface area contributed by atoms with Crippen LogP contribution in [-0.2, 0) is 0 Å². The van der Waals surface area contributed by atoms with Gasteiger partial charge in [0.25, 0.3) is 0 Å². The second kappa shape index (κ2) is 2.97. The van der Waals surface area contributed by atoms with Crippen molar-refractivity contribution in [2.75, 3.05) is 13.3 Å². The Morgan fingerprint density at radius 1 is 1.44 bits per heavy atom. The van der Waals surface area contributed by atoms with Gasteiger partial charge in [0, 0.05) is 13.2 Å². The van der Waals surface area contributed by atoms with Crippen LogP contribution < -0.4 is 0 Å². The van der Waals surface area contributed by atoms with Gasteiger partial charge in [0.1, 0.15) is 0 Å². The van der Waals surface area contributed by atoms with Gasteiger partial charge in [-0.1, -0.05) is 12.2 Å². The Morgan fingerprint density at radius 2 is 2.22 bits per heavy atom. The van der Waals surface area contributed by atoms with Gasteiger partial charge in [-0.3, -0.25) is 0 Å². The zero-order valence-electron chi connectivity index (χ0n) is 5.74. The fourth-order valence-electron chi connectivity index (χ4n) is 0.810. The lowest BCUT2D eigenvalue weighted by Gasteiger charge is -2.23. The first-order chi connectivity index (χ1) is 4.34. The van der Waals surface area contributed by atoms with Crippen LogP contribution in [0.4, 0.5) is 0 Å². The van der Waals surface area contributed by atoms with Crippen molar-refractivity contribution in [3.8, 4) is 0 Å². The van der Waals surface area contributed by atoms with Gasteiger partial charge in [-0.05, 0) is 12.3 Å². The first-order valence-corrected chi connectivity index (χ1v) is 4.23. The van der Waals surface area contributed by atoms with E-state index in [0.717, 1.165) is 0 Å². The Morgan fingerprint density at radius 3 is 2.67 bits per heavy atom. The largest absolute Gasteiger partial charge is 0.365 e. The Kier molecular flexibility index (Phi) is 2.22. The summed E-state index contributed by atoms with van der Waals surface area (Å²) in [6.07, 6.45) is 10.5. The van der Waals surface area contributed by atoms with Gasteiger partial charge in [-0.15, -0.1) is 11.8 Å². The quantitative estimate of drug-likeness (QED) is 0.546. The van der Waals surface area contributed by atoms with Crippen LogP contribution in [0.5, 0.6) is 0 Å². The van der Waals surface area contributed by atoms with E-state index in [1.807, 2.05) is 17.8 Å². The fourth-order valence-corrected chi connectivity index (χ4v) is 1.46. The van der Waals surface area contributed by atoms with E-state index in [2.05, 4.69) is 36.6 Å². The molecule has 0 aromatic carbocycles. The van der Waals surface area contributed by atoms with E-state index < -0.39 is 0 Å². The fraction of sp³-hybridized carbons (Fsp3) is 0.429. The van der Waals surface area contributed by atoms with Crippen LogP contribution in [0, 0.1) is 0 Å². The molecule has 0 bridgehead atoms. The number of likely N-dealkylation sites (N-methyl/N-ethyl adjacent to an activating group) is 1. The maximum Gasteiger partial charge on any atom is 0.0927 e. The lowest BCUT2D eigenvalue weighted by molar-refractivity contribution is 0.474. The third kappa shape index (κ3) is 1.52. The smallest absolute Gasteiger partial charge is 0.0927 e. The molecule has 0 saturated carbocycles. The van der Waals surface area contributed by atoms with E-state index in [1.54, 1.807) is 0 Å². The number of hydrogen-bond acceptors (Lipinski definition) is 2. The number of hydrogen-bond donors (Lipinski definition) is 0. The van der Waals surface area contributed by atoms with E-state index >= 15 is 0 Å². The highest BCUT2D eigenvalue weighted by Gasteiger charge is 2.06. The molecular formula is C7H11NS. The number of allylic oxidation sites excluding steroid dienone is 2. The summed E-state index contributed by atoms with van der Waals surface area (Å²) in [5, 5.41) is 0.537. The molecule has 0 amide bonds. The maximum absolute atomic E-state index is 2.19. The van der Waals surface area contributed by atoms with Gasteiger partial charge in [0.05, 0.1) is 5.37 Å². The molecule has 0 aromatic heterocycles. The molecule has 1 heterocycles.